The maximum absolute atomic E-state index is 6.60. The summed E-state index contributed by atoms with van der Waals surface area (Å²) in [5.41, 5.74) is 7.13. The van der Waals surface area contributed by atoms with Crippen LogP contribution in [-0.2, 0) is 19.5 Å². The monoisotopic (exact) mass is 584 g/mol. The molecule has 1 aliphatic heterocycles. The molecule has 0 amide bonds. The third-order valence-electron chi connectivity index (χ3n) is 6.21. The van der Waals surface area contributed by atoms with E-state index in [1.54, 1.807) is 30.5 Å². The number of rotatable bonds is 7. The normalized spacial score (nSPS) is 13.5. The fourth-order valence-electron chi connectivity index (χ4n) is 4.28. The Labute approximate surface area is 228 Å². The first-order valence-electron chi connectivity index (χ1n) is 11.5. The maximum Gasteiger partial charge on any atom is 0.224 e. The minimum atomic E-state index is 0.506. The van der Waals surface area contributed by atoms with Crippen LogP contribution in [0.25, 0.3) is 11.0 Å². The minimum absolute atomic E-state index is 0.506. The molecule has 0 bridgehead atoms. The summed E-state index contributed by atoms with van der Waals surface area (Å²) in [7, 11) is 4.14. The molecule has 36 heavy (non-hydrogen) atoms. The van der Waals surface area contributed by atoms with Crippen molar-refractivity contribution in [3.63, 3.8) is 0 Å². The summed E-state index contributed by atoms with van der Waals surface area (Å²) >= 11 is 11.8. The van der Waals surface area contributed by atoms with Crippen molar-refractivity contribution in [2.24, 2.45) is 0 Å². The van der Waals surface area contributed by atoms with E-state index in [9.17, 15) is 0 Å². The van der Waals surface area contributed by atoms with Crippen molar-refractivity contribution in [3.05, 3.63) is 69.0 Å². The Morgan fingerprint density at radius 2 is 2.00 bits per heavy atom. The van der Waals surface area contributed by atoms with E-state index in [-0.39, 0.29) is 0 Å². The van der Waals surface area contributed by atoms with Gasteiger partial charge in [0.05, 0.1) is 21.4 Å². The van der Waals surface area contributed by atoms with E-state index in [4.69, 9.17) is 16.6 Å². The standard InChI is InChI=1S/C25H26BrClN8S/c1-34-9-6-15-11-19(27)16(10-17(15)14-34)12-30-25-31-13-18(26)24(33-25)32-21-5-4-20-22(29-8-7-28-20)23(21)35(2)36-3/h4-5,7-8,10-11,13H,6,9,12,14H2,1-3H3,(H2,30,31,32,33). The first-order chi connectivity index (χ1) is 17.4. The van der Waals surface area contributed by atoms with Crippen LogP contribution in [0.2, 0.25) is 5.02 Å². The highest BCUT2D eigenvalue weighted by Gasteiger charge is 2.17. The zero-order valence-corrected chi connectivity index (χ0v) is 23.4. The van der Waals surface area contributed by atoms with Crippen molar-refractivity contribution in [2.75, 3.05) is 41.8 Å². The zero-order chi connectivity index (χ0) is 25.2. The fourth-order valence-corrected chi connectivity index (χ4v) is 5.19. The minimum Gasteiger partial charge on any atom is -0.350 e. The fraction of sp³-hybridized carbons (Fsp3) is 0.280. The second-order valence-electron chi connectivity index (χ2n) is 8.63. The second-order valence-corrected chi connectivity index (χ2v) is 10.8. The van der Waals surface area contributed by atoms with Crippen molar-refractivity contribution in [1.29, 1.82) is 0 Å². The van der Waals surface area contributed by atoms with Gasteiger partial charge in [-0.2, -0.15) is 4.98 Å². The van der Waals surface area contributed by atoms with E-state index >= 15 is 0 Å². The Morgan fingerprint density at radius 3 is 2.83 bits per heavy atom. The highest BCUT2D eigenvalue weighted by Crippen LogP contribution is 2.37. The van der Waals surface area contributed by atoms with Gasteiger partial charge in [-0.25, -0.2) is 4.98 Å². The van der Waals surface area contributed by atoms with Crippen LogP contribution >= 0.6 is 39.5 Å². The lowest BCUT2D eigenvalue weighted by molar-refractivity contribution is 0.313. The molecule has 0 spiro atoms. The van der Waals surface area contributed by atoms with Gasteiger partial charge in [0.1, 0.15) is 11.3 Å². The van der Waals surface area contributed by atoms with Gasteiger partial charge in [-0.15, -0.1) is 0 Å². The van der Waals surface area contributed by atoms with Gasteiger partial charge in [-0.05, 0) is 64.3 Å². The van der Waals surface area contributed by atoms with E-state index in [1.165, 1.54) is 11.1 Å². The highest BCUT2D eigenvalue weighted by molar-refractivity contribution is 9.10. The average Bonchev–Trinajstić information content (AvgIpc) is 2.88. The van der Waals surface area contributed by atoms with Crippen LogP contribution in [0.1, 0.15) is 16.7 Å². The molecule has 3 heterocycles. The summed E-state index contributed by atoms with van der Waals surface area (Å²) < 4.78 is 2.81. The predicted molar refractivity (Wildman–Crippen MR) is 153 cm³/mol. The number of likely N-dealkylation sites (N-methyl/N-ethyl adjacent to an activating group) is 1. The number of hydrogen-bond donors (Lipinski definition) is 2. The third-order valence-corrected chi connectivity index (χ3v) is 7.87. The average molecular weight is 586 g/mol. The van der Waals surface area contributed by atoms with Crippen LogP contribution in [0.15, 0.2) is 47.3 Å². The first kappa shape index (κ1) is 25.0. The predicted octanol–water partition coefficient (Wildman–Crippen LogP) is 5.89. The number of fused-ring (bicyclic) bond motifs is 2. The molecule has 0 radical (unpaired) electrons. The second kappa shape index (κ2) is 10.8. The van der Waals surface area contributed by atoms with Gasteiger partial charge >= 0.3 is 0 Å². The van der Waals surface area contributed by atoms with Crippen LogP contribution in [0.3, 0.4) is 0 Å². The smallest absolute Gasteiger partial charge is 0.224 e. The van der Waals surface area contributed by atoms with Gasteiger partial charge < -0.3 is 19.8 Å². The van der Waals surface area contributed by atoms with Crippen LogP contribution in [0.4, 0.5) is 23.1 Å². The molecule has 0 fully saturated rings. The van der Waals surface area contributed by atoms with E-state index in [0.29, 0.717) is 18.3 Å². The molecule has 4 aromatic rings. The van der Waals surface area contributed by atoms with Crippen molar-refractivity contribution >= 4 is 73.7 Å². The van der Waals surface area contributed by atoms with E-state index in [2.05, 4.69) is 69.9 Å². The Balaban J connectivity index is 1.40. The molecule has 2 aromatic heterocycles. The van der Waals surface area contributed by atoms with E-state index in [1.807, 2.05) is 25.4 Å². The summed E-state index contributed by atoms with van der Waals surface area (Å²) in [5.74, 6) is 1.15. The van der Waals surface area contributed by atoms with Gasteiger partial charge in [-0.3, -0.25) is 9.97 Å². The Kier molecular flexibility index (Phi) is 7.47. The van der Waals surface area contributed by atoms with Crippen LogP contribution in [-0.4, -0.2) is 51.7 Å². The van der Waals surface area contributed by atoms with E-state index in [0.717, 1.165) is 57.0 Å². The topological polar surface area (TPSA) is 82.1 Å². The SMILES string of the molecule is CSN(C)c1c(Nc2nc(NCc3cc4c(cc3Cl)CCN(C)C4)ncc2Br)ccc2nccnc12. The Morgan fingerprint density at radius 1 is 1.17 bits per heavy atom. The van der Waals surface area contributed by atoms with Crippen LogP contribution in [0.5, 0.6) is 0 Å². The largest absolute Gasteiger partial charge is 0.350 e. The molecule has 0 aliphatic carbocycles. The van der Waals surface area contributed by atoms with Gasteiger partial charge in [-0.1, -0.05) is 29.6 Å². The van der Waals surface area contributed by atoms with Gasteiger partial charge in [0.2, 0.25) is 5.95 Å². The van der Waals surface area contributed by atoms with Gasteiger partial charge in [0.15, 0.2) is 0 Å². The molecule has 2 aromatic carbocycles. The number of benzene rings is 2. The summed E-state index contributed by atoms with van der Waals surface area (Å²) in [5, 5.41) is 7.55. The molecular weight excluding hydrogens is 560 g/mol. The quantitative estimate of drug-likeness (QED) is 0.258. The third kappa shape index (κ3) is 5.22. The first-order valence-corrected chi connectivity index (χ1v) is 13.8. The maximum atomic E-state index is 6.60. The number of anilines is 4. The molecule has 0 unspecified atom stereocenters. The summed E-state index contributed by atoms with van der Waals surface area (Å²) in [4.78, 5) is 20.5. The number of nitrogens with one attached hydrogen (secondary N) is 2. The lowest BCUT2D eigenvalue weighted by atomic mass is 9.97. The molecule has 0 atom stereocenters. The molecular formula is C25H26BrClN8S. The van der Waals surface area contributed by atoms with E-state index < -0.39 is 0 Å². The van der Waals surface area contributed by atoms with Crippen LogP contribution < -0.4 is 14.9 Å². The Hall–Kier alpha value is -2.66. The van der Waals surface area contributed by atoms with Crippen molar-refractivity contribution in [3.8, 4) is 0 Å². The lowest BCUT2D eigenvalue weighted by Crippen LogP contribution is -2.26. The van der Waals surface area contributed by atoms with Crippen molar-refractivity contribution in [1.82, 2.24) is 24.8 Å². The van der Waals surface area contributed by atoms with Gasteiger partial charge in [0, 0.05) is 56.6 Å². The molecule has 186 valence electrons. The Bertz CT molecular complexity index is 1420. The van der Waals surface area contributed by atoms with Gasteiger partial charge in [0.25, 0.3) is 0 Å². The van der Waals surface area contributed by atoms with Crippen LogP contribution in [0, 0.1) is 0 Å². The number of nitrogens with zero attached hydrogens (tertiary/aromatic N) is 6. The number of hydrogen-bond acceptors (Lipinski definition) is 9. The number of aromatic nitrogens is 4. The summed E-state index contributed by atoms with van der Waals surface area (Å²) in [6.45, 7) is 2.52. The number of halogens is 2. The molecule has 0 saturated heterocycles. The zero-order valence-electron chi connectivity index (χ0n) is 20.2. The molecule has 11 heteroatoms. The molecule has 5 rings (SSSR count). The molecule has 0 saturated carbocycles. The lowest BCUT2D eigenvalue weighted by Gasteiger charge is -2.26. The van der Waals surface area contributed by atoms with Crippen molar-refractivity contribution in [2.45, 2.75) is 19.5 Å². The molecule has 2 N–H and O–H groups in total. The molecule has 1 aliphatic rings. The van der Waals surface area contributed by atoms with Crippen molar-refractivity contribution < 1.29 is 0 Å². The summed E-state index contributed by atoms with van der Waals surface area (Å²) in [6, 6.07) is 8.23. The molecule has 8 nitrogen and oxygen atoms in total. The summed E-state index contributed by atoms with van der Waals surface area (Å²) in [6.07, 6.45) is 8.18. The highest BCUT2D eigenvalue weighted by atomic mass is 79.9.